The van der Waals surface area contributed by atoms with E-state index in [0.717, 1.165) is 25.9 Å². The molecule has 0 aromatic carbocycles. The highest BCUT2D eigenvalue weighted by molar-refractivity contribution is 7.03. The maximum Gasteiger partial charge on any atom is 0.272 e. The van der Waals surface area contributed by atoms with Crippen molar-refractivity contribution in [3.63, 3.8) is 0 Å². The molecule has 1 aromatic heterocycles. The second-order valence-electron chi connectivity index (χ2n) is 4.53. The van der Waals surface area contributed by atoms with E-state index < -0.39 is 0 Å². The molecule has 0 aliphatic carbocycles. The summed E-state index contributed by atoms with van der Waals surface area (Å²) in [6, 6.07) is 0. The zero-order chi connectivity index (χ0) is 11.4. The van der Waals surface area contributed by atoms with Gasteiger partial charge in [-0.05, 0) is 42.9 Å². The van der Waals surface area contributed by atoms with Crippen molar-refractivity contribution in [3.8, 4) is 0 Å². The summed E-state index contributed by atoms with van der Waals surface area (Å²) in [5.74, 6) is -0.117. The Morgan fingerprint density at radius 2 is 2.38 bits per heavy atom. The molecule has 2 rings (SSSR count). The van der Waals surface area contributed by atoms with Crippen LogP contribution in [-0.2, 0) is 0 Å². The molecule has 6 heteroatoms. The number of hydrogen-bond donors (Lipinski definition) is 2. The SMILES string of the molecule is CC1(CNC(=O)c2csnn2)CCNCC1. The van der Waals surface area contributed by atoms with Crippen molar-refractivity contribution in [2.24, 2.45) is 5.41 Å². The predicted molar refractivity (Wildman–Crippen MR) is 62.5 cm³/mol. The summed E-state index contributed by atoms with van der Waals surface area (Å²) >= 11 is 1.20. The lowest BCUT2D eigenvalue weighted by Gasteiger charge is -2.33. The van der Waals surface area contributed by atoms with Gasteiger partial charge in [0.15, 0.2) is 5.69 Å². The quantitative estimate of drug-likeness (QED) is 0.814. The van der Waals surface area contributed by atoms with Crippen molar-refractivity contribution in [1.29, 1.82) is 0 Å². The van der Waals surface area contributed by atoms with Crippen molar-refractivity contribution in [1.82, 2.24) is 20.2 Å². The molecule has 0 unspecified atom stereocenters. The summed E-state index contributed by atoms with van der Waals surface area (Å²) in [6.07, 6.45) is 2.20. The summed E-state index contributed by atoms with van der Waals surface area (Å²) in [6.45, 7) is 4.99. The summed E-state index contributed by atoms with van der Waals surface area (Å²) < 4.78 is 3.68. The first-order valence-electron chi connectivity index (χ1n) is 5.46. The maximum absolute atomic E-state index is 11.7. The predicted octanol–water partition coefficient (Wildman–Crippen LogP) is 0.658. The molecule has 2 heterocycles. The lowest BCUT2D eigenvalue weighted by molar-refractivity contribution is 0.0917. The molecule has 1 saturated heterocycles. The van der Waals surface area contributed by atoms with Crippen molar-refractivity contribution in [3.05, 3.63) is 11.1 Å². The minimum absolute atomic E-state index is 0.117. The van der Waals surface area contributed by atoms with Crippen molar-refractivity contribution >= 4 is 17.4 Å². The van der Waals surface area contributed by atoms with Gasteiger partial charge in [0.2, 0.25) is 0 Å². The van der Waals surface area contributed by atoms with Gasteiger partial charge in [0.05, 0.1) is 0 Å². The Kier molecular flexibility index (Phi) is 3.50. The molecule has 5 nitrogen and oxygen atoms in total. The standard InChI is InChI=1S/C10H16N4OS/c1-10(2-4-11-5-3-10)7-12-9(15)8-6-16-14-13-8/h6,11H,2-5,7H2,1H3,(H,12,15). The number of nitrogens with zero attached hydrogens (tertiary/aromatic N) is 2. The first-order valence-corrected chi connectivity index (χ1v) is 6.29. The molecular weight excluding hydrogens is 224 g/mol. The van der Waals surface area contributed by atoms with Gasteiger partial charge in [0.1, 0.15) is 0 Å². The lowest BCUT2D eigenvalue weighted by Crippen LogP contribution is -2.42. The minimum atomic E-state index is -0.117. The number of aromatic nitrogens is 2. The number of rotatable bonds is 3. The first-order chi connectivity index (χ1) is 7.70. The van der Waals surface area contributed by atoms with Gasteiger partial charge >= 0.3 is 0 Å². The molecule has 88 valence electrons. The molecule has 0 spiro atoms. The Morgan fingerprint density at radius 1 is 1.62 bits per heavy atom. The van der Waals surface area contributed by atoms with Crippen molar-refractivity contribution in [2.75, 3.05) is 19.6 Å². The molecule has 0 radical (unpaired) electrons. The van der Waals surface area contributed by atoms with Crippen molar-refractivity contribution < 1.29 is 4.79 Å². The lowest BCUT2D eigenvalue weighted by atomic mass is 9.81. The molecule has 16 heavy (non-hydrogen) atoms. The van der Waals surface area contributed by atoms with E-state index in [1.165, 1.54) is 11.5 Å². The van der Waals surface area contributed by atoms with Crippen LogP contribution in [0.1, 0.15) is 30.3 Å². The second-order valence-corrected chi connectivity index (χ2v) is 5.14. The summed E-state index contributed by atoms with van der Waals surface area (Å²) in [5.41, 5.74) is 0.632. The highest BCUT2D eigenvalue weighted by Crippen LogP contribution is 2.26. The smallest absolute Gasteiger partial charge is 0.272 e. The Bertz CT molecular complexity index is 346. The van der Waals surface area contributed by atoms with E-state index in [1.807, 2.05) is 0 Å². The Hall–Kier alpha value is -1.01. The third-order valence-corrected chi connectivity index (χ3v) is 3.58. The van der Waals surface area contributed by atoms with Gasteiger partial charge in [-0.15, -0.1) is 5.10 Å². The van der Waals surface area contributed by atoms with E-state index in [2.05, 4.69) is 27.1 Å². The number of carbonyl (C=O) groups is 1. The van der Waals surface area contributed by atoms with E-state index in [0.29, 0.717) is 12.2 Å². The van der Waals surface area contributed by atoms with Crippen LogP contribution in [0.4, 0.5) is 0 Å². The number of carbonyl (C=O) groups excluding carboxylic acids is 1. The average Bonchev–Trinajstić information content (AvgIpc) is 2.80. The van der Waals surface area contributed by atoms with Crippen LogP contribution >= 0.6 is 11.5 Å². The van der Waals surface area contributed by atoms with Gasteiger partial charge < -0.3 is 10.6 Å². The van der Waals surface area contributed by atoms with Crippen LogP contribution in [-0.4, -0.2) is 35.1 Å². The topological polar surface area (TPSA) is 66.9 Å². The molecule has 1 amide bonds. The molecule has 1 aliphatic rings. The Labute approximate surface area is 98.8 Å². The molecule has 0 atom stereocenters. The van der Waals surface area contributed by atoms with E-state index in [4.69, 9.17) is 0 Å². The summed E-state index contributed by atoms with van der Waals surface area (Å²) in [5, 5.41) is 11.7. The van der Waals surface area contributed by atoms with Crippen molar-refractivity contribution in [2.45, 2.75) is 19.8 Å². The van der Waals surface area contributed by atoms with E-state index >= 15 is 0 Å². The molecule has 1 aliphatic heterocycles. The molecule has 0 saturated carbocycles. The molecule has 1 fully saturated rings. The van der Waals surface area contributed by atoms with Crippen LogP contribution in [0.2, 0.25) is 0 Å². The fourth-order valence-electron chi connectivity index (χ4n) is 1.85. The fraction of sp³-hybridized carbons (Fsp3) is 0.700. The number of hydrogen-bond acceptors (Lipinski definition) is 5. The fourth-order valence-corrected chi connectivity index (χ4v) is 2.29. The van der Waals surface area contributed by atoms with Crippen LogP contribution < -0.4 is 10.6 Å². The Balaban J connectivity index is 1.84. The number of nitrogens with one attached hydrogen (secondary N) is 2. The normalized spacial score (nSPS) is 19.3. The van der Waals surface area contributed by atoms with E-state index in [-0.39, 0.29) is 11.3 Å². The second kappa shape index (κ2) is 4.88. The van der Waals surface area contributed by atoms with Crippen LogP contribution in [0.3, 0.4) is 0 Å². The van der Waals surface area contributed by atoms with Crippen LogP contribution in [0.5, 0.6) is 0 Å². The monoisotopic (exact) mass is 240 g/mol. The maximum atomic E-state index is 11.7. The summed E-state index contributed by atoms with van der Waals surface area (Å²) in [4.78, 5) is 11.7. The third-order valence-electron chi connectivity index (χ3n) is 3.08. The number of piperidine rings is 1. The van der Waals surface area contributed by atoms with Crippen LogP contribution in [0.25, 0.3) is 0 Å². The highest BCUT2D eigenvalue weighted by Gasteiger charge is 2.27. The van der Waals surface area contributed by atoms with Gasteiger partial charge in [-0.3, -0.25) is 4.79 Å². The Morgan fingerprint density at radius 3 is 3.00 bits per heavy atom. The van der Waals surface area contributed by atoms with E-state index in [9.17, 15) is 4.79 Å². The van der Waals surface area contributed by atoms with Gasteiger partial charge in [-0.1, -0.05) is 11.4 Å². The van der Waals surface area contributed by atoms with Gasteiger partial charge in [0, 0.05) is 11.9 Å². The molecular formula is C10H16N4OS. The largest absolute Gasteiger partial charge is 0.350 e. The van der Waals surface area contributed by atoms with Gasteiger partial charge in [-0.25, -0.2) is 0 Å². The highest BCUT2D eigenvalue weighted by atomic mass is 32.1. The number of amides is 1. The minimum Gasteiger partial charge on any atom is -0.350 e. The molecule has 0 bridgehead atoms. The zero-order valence-corrected chi connectivity index (χ0v) is 10.1. The third kappa shape index (κ3) is 2.76. The average molecular weight is 240 g/mol. The zero-order valence-electron chi connectivity index (χ0n) is 9.32. The molecule has 2 N–H and O–H groups in total. The van der Waals surface area contributed by atoms with Crippen LogP contribution in [0, 0.1) is 5.41 Å². The summed E-state index contributed by atoms with van der Waals surface area (Å²) in [7, 11) is 0. The van der Waals surface area contributed by atoms with Gasteiger partial charge in [0.25, 0.3) is 5.91 Å². The first kappa shape index (κ1) is 11.5. The molecule has 1 aromatic rings. The van der Waals surface area contributed by atoms with Crippen LogP contribution in [0.15, 0.2) is 5.38 Å². The van der Waals surface area contributed by atoms with Gasteiger partial charge in [-0.2, -0.15) is 0 Å². The van der Waals surface area contributed by atoms with E-state index in [1.54, 1.807) is 5.38 Å².